The first-order chi connectivity index (χ1) is 20.1. The summed E-state index contributed by atoms with van der Waals surface area (Å²) in [6, 6.07) is 9.94. The normalized spacial score (nSPS) is 15.2. The predicted octanol–water partition coefficient (Wildman–Crippen LogP) is 4.37. The van der Waals surface area contributed by atoms with E-state index in [0.717, 1.165) is 6.20 Å². The number of carbonyl (C=O) groups excluding carboxylic acids is 1. The van der Waals surface area contributed by atoms with Crippen LogP contribution in [-0.4, -0.2) is 82.4 Å². The minimum atomic E-state index is -4.76. The van der Waals surface area contributed by atoms with Crippen molar-refractivity contribution in [3.63, 3.8) is 0 Å². The summed E-state index contributed by atoms with van der Waals surface area (Å²) in [6.45, 7) is 2.10. The van der Waals surface area contributed by atoms with Crippen molar-refractivity contribution in [3.05, 3.63) is 76.9 Å². The molecule has 9 nitrogen and oxygen atoms in total. The summed E-state index contributed by atoms with van der Waals surface area (Å²) in [5, 5.41) is 14.1. The molecule has 5 rings (SSSR count). The topological polar surface area (TPSA) is 92.4 Å². The fourth-order valence-corrected chi connectivity index (χ4v) is 5.37. The maximum atomic E-state index is 14.3. The van der Waals surface area contributed by atoms with Crippen LogP contribution in [0.4, 0.5) is 17.6 Å². The lowest BCUT2D eigenvalue weighted by molar-refractivity contribution is -0.143. The largest absolute Gasteiger partial charge is 0.497 e. The molecule has 4 aromatic rings. The van der Waals surface area contributed by atoms with Crippen molar-refractivity contribution in [1.29, 1.82) is 0 Å². The van der Waals surface area contributed by atoms with Gasteiger partial charge in [-0.1, -0.05) is 0 Å². The third-order valence-electron chi connectivity index (χ3n) is 7.51. The molecule has 222 valence electrons. The highest BCUT2D eigenvalue weighted by Crippen LogP contribution is 2.37. The molecule has 1 aliphatic heterocycles. The van der Waals surface area contributed by atoms with Gasteiger partial charge in [-0.25, -0.2) is 13.9 Å². The number of fused-ring (bicyclic) bond motifs is 1. The monoisotopic (exact) mass is 587 g/mol. The van der Waals surface area contributed by atoms with E-state index >= 15 is 0 Å². The number of aliphatic hydroxyl groups is 1. The molecule has 0 aliphatic carbocycles. The molecule has 0 saturated carbocycles. The molecule has 1 amide bonds. The number of alkyl halides is 3. The number of methoxy groups -OCH3 is 2. The molecule has 0 bridgehead atoms. The SMILES string of the molecule is COc1ccc(-c2nc3c(C(=O)N4CCN([C@@H](CO)c5cc(F)ccc5OC)CC4)cnn3c(C(F)(F)F)c2C)cc1. The van der Waals surface area contributed by atoms with Crippen LogP contribution in [0.15, 0.2) is 48.7 Å². The third kappa shape index (κ3) is 5.37. The number of piperazine rings is 1. The highest BCUT2D eigenvalue weighted by Gasteiger charge is 2.39. The van der Waals surface area contributed by atoms with Crippen LogP contribution in [0.25, 0.3) is 16.9 Å². The lowest BCUT2D eigenvalue weighted by Gasteiger charge is -2.39. The molecule has 1 saturated heterocycles. The number of benzene rings is 2. The van der Waals surface area contributed by atoms with E-state index in [1.165, 1.54) is 44.2 Å². The summed E-state index contributed by atoms with van der Waals surface area (Å²) in [5.74, 6) is -0.0261. The average Bonchev–Trinajstić information content (AvgIpc) is 3.40. The molecular formula is C29H29F4N5O4. The van der Waals surface area contributed by atoms with Gasteiger partial charge in [-0.2, -0.15) is 18.3 Å². The van der Waals surface area contributed by atoms with Crippen molar-refractivity contribution in [2.24, 2.45) is 0 Å². The molecule has 0 radical (unpaired) electrons. The smallest absolute Gasteiger partial charge is 0.433 e. The molecular weight excluding hydrogens is 558 g/mol. The van der Waals surface area contributed by atoms with Crippen molar-refractivity contribution in [2.75, 3.05) is 47.0 Å². The second-order valence-electron chi connectivity index (χ2n) is 9.87. The number of carbonyl (C=O) groups is 1. The number of aliphatic hydroxyl groups excluding tert-OH is 1. The van der Waals surface area contributed by atoms with Crippen LogP contribution in [0.5, 0.6) is 11.5 Å². The van der Waals surface area contributed by atoms with Crippen LogP contribution in [-0.2, 0) is 6.18 Å². The Morgan fingerprint density at radius 2 is 1.74 bits per heavy atom. The quantitative estimate of drug-likeness (QED) is 0.321. The number of hydrogen-bond acceptors (Lipinski definition) is 7. The Balaban J connectivity index is 1.45. The van der Waals surface area contributed by atoms with Crippen molar-refractivity contribution in [1.82, 2.24) is 24.4 Å². The van der Waals surface area contributed by atoms with Crippen LogP contribution in [0, 0.1) is 12.7 Å². The van der Waals surface area contributed by atoms with Gasteiger partial charge < -0.3 is 19.5 Å². The van der Waals surface area contributed by atoms with E-state index < -0.39 is 29.6 Å². The lowest BCUT2D eigenvalue weighted by atomic mass is 10.0. The van der Waals surface area contributed by atoms with Gasteiger partial charge in [-0.15, -0.1) is 0 Å². The van der Waals surface area contributed by atoms with E-state index in [2.05, 4.69) is 10.1 Å². The number of ether oxygens (including phenoxy) is 2. The summed E-state index contributed by atoms with van der Waals surface area (Å²) in [4.78, 5) is 21.5. The van der Waals surface area contributed by atoms with Crippen LogP contribution < -0.4 is 9.47 Å². The summed E-state index contributed by atoms with van der Waals surface area (Å²) >= 11 is 0. The molecule has 1 fully saturated rings. The molecule has 2 aromatic heterocycles. The van der Waals surface area contributed by atoms with Gasteiger partial charge >= 0.3 is 6.18 Å². The molecule has 0 unspecified atom stereocenters. The van der Waals surface area contributed by atoms with Crippen LogP contribution >= 0.6 is 0 Å². The Bertz CT molecular complexity index is 1600. The van der Waals surface area contributed by atoms with Crippen LogP contribution in [0.2, 0.25) is 0 Å². The molecule has 0 spiro atoms. The second-order valence-corrected chi connectivity index (χ2v) is 9.87. The van der Waals surface area contributed by atoms with E-state index in [0.29, 0.717) is 40.2 Å². The Morgan fingerprint density at radius 3 is 2.33 bits per heavy atom. The fraction of sp³-hybridized carbons (Fsp3) is 0.345. The van der Waals surface area contributed by atoms with Crippen molar-refractivity contribution < 1.29 is 36.9 Å². The summed E-state index contributed by atoms with van der Waals surface area (Å²) in [7, 11) is 2.94. The zero-order chi connectivity index (χ0) is 30.2. The Morgan fingerprint density at radius 1 is 1.05 bits per heavy atom. The maximum absolute atomic E-state index is 14.3. The molecule has 42 heavy (non-hydrogen) atoms. The zero-order valence-corrected chi connectivity index (χ0v) is 23.2. The highest BCUT2D eigenvalue weighted by molar-refractivity contribution is 6.00. The maximum Gasteiger partial charge on any atom is 0.433 e. The number of nitrogens with zero attached hydrogens (tertiary/aromatic N) is 5. The summed E-state index contributed by atoms with van der Waals surface area (Å²) < 4.78 is 68.0. The summed E-state index contributed by atoms with van der Waals surface area (Å²) in [5.41, 5.74) is -0.425. The molecule has 3 heterocycles. The molecule has 1 atom stereocenters. The molecule has 2 aromatic carbocycles. The first kappa shape index (κ1) is 29.3. The van der Waals surface area contributed by atoms with E-state index in [1.54, 1.807) is 24.3 Å². The van der Waals surface area contributed by atoms with Gasteiger partial charge in [0.25, 0.3) is 5.91 Å². The van der Waals surface area contributed by atoms with Crippen molar-refractivity contribution in [2.45, 2.75) is 19.1 Å². The fourth-order valence-electron chi connectivity index (χ4n) is 5.37. The van der Waals surface area contributed by atoms with Gasteiger partial charge in [-0.05, 0) is 49.4 Å². The number of rotatable bonds is 7. The standard InChI is InChI=1S/C29H29F4N5O4/c1-17-25(18-4-7-20(41-2)8-5-18)35-27-22(15-34-38(27)26(17)29(31,32)33)28(40)37-12-10-36(11-13-37)23(16-39)21-14-19(30)6-9-24(21)42-3/h4-9,14-15,23,39H,10-13,16H2,1-3H3/t23-/m0/s1. The third-order valence-corrected chi connectivity index (χ3v) is 7.51. The molecule has 13 heteroatoms. The van der Waals surface area contributed by atoms with Crippen LogP contribution in [0.1, 0.15) is 33.2 Å². The van der Waals surface area contributed by atoms with E-state index in [-0.39, 0.29) is 42.2 Å². The number of halogens is 4. The van der Waals surface area contributed by atoms with Crippen LogP contribution in [0.3, 0.4) is 0 Å². The van der Waals surface area contributed by atoms with Gasteiger partial charge in [0, 0.05) is 42.9 Å². The number of aromatic nitrogens is 3. The van der Waals surface area contributed by atoms with Gasteiger partial charge in [0.1, 0.15) is 22.9 Å². The van der Waals surface area contributed by atoms with Gasteiger partial charge in [-0.3, -0.25) is 9.69 Å². The van der Waals surface area contributed by atoms with Gasteiger partial charge in [0.2, 0.25) is 0 Å². The summed E-state index contributed by atoms with van der Waals surface area (Å²) in [6.07, 6.45) is -3.65. The van der Waals surface area contributed by atoms with Gasteiger partial charge in [0.05, 0.1) is 38.8 Å². The Labute approximate surface area is 238 Å². The van der Waals surface area contributed by atoms with E-state index in [9.17, 15) is 27.5 Å². The van der Waals surface area contributed by atoms with E-state index in [4.69, 9.17) is 9.47 Å². The number of hydrogen-bond donors (Lipinski definition) is 1. The van der Waals surface area contributed by atoms with Crippen molar-refractivity contribution in [3.8, 4) is 22.8 Å². The minimum absolute atomic E-state index is 0.0609. The zero-order valence-electron chi connectivity index (χ0n) is 23.2. The first-order valence-corrected chi connectivity index (χ1v) is 13.1. The predicted molar refractivity (Wildman–Crippen MR) is 145 cm³/mol. The minimum Gasteiger partial charge on any atom is -0.497 e. The van der Waals surface area contributed by atoms with Gasteiger partial charge in [0.15, 0.2) is 11.3 Å². The molecule has 1 aliphatic rings. The van der Waals surface area contributed by atoms with E-state index in [1.807, 2.05) is 4.90 Å². The Hall–Kier alpha value is -4.23. The molecule has 1 N–H and O–H groups in total. The average molecular weight is 588 g/mol. The lowest BCUT2D eigenvalue weighted by Crippen LogP contribution is -2.50. The Kier molecular flexibility index (Phi) is 8.06. The first-order valence-electron chi connectivity index (χ1n) is 13.1. The second kappa shape index (κ2) is 11.6. The highest BCUT2D eigenvalue weighted by atomic mass is 19.4. The van der Waals surface area contributed by atoms with Crippen molar-refractivity contribution >= 4 is 11.6 Å². The number of amides is 1.